The number of hydrogen-bond donors (Lipinski definition) is 1. The summed E-state index contributed by atoms with van der Waals surface area (Å²) < 4.78 is 5.56. The van der Waals surface area contributed by atoms with Crippen molar-refractivity contribution in [3.8, 4) is 0 Å². The van der Waals surface area contributed by atoms with Crippen LogP contribution in [-0.4, -0.2) is 15.2 Å². The zero-order valence-corrected chi connectivity index (χ0v) is 10.7. The van der Waals surface area contributed by atoms with Gasteiger partial charge >= 0.3 is 0 Å². The number of furan rings is 1. The minimum Gasteiger partial charge on any atom is -0.469 e. The van der Waals surface area contributed by atoms with Crippen LogP contribution in [0.15, 0.2) is 53.1 Å². The summed E-state index contributed by atoms with van der Waals surface area (Å²) in [5.41, 5.74) is 1.21. The largest absolute Gasteiger partial charge is 0.469 e. The Kier molecular flexibility index (Phi) is 3.14. The average Bonchev–Trinajstić information content (AvgIpc) is 3.08. The van der Waals surface area contributed by atoms with Crippen molar-refractivity contribution in [2.75, 3.05) is 0 Å². The Balaban J connectivity index is 1.93. The molecule has 0 radical (unpaired) electrons. The Bertz CT molecular complexity index is 628. The molecule has 0 aliphatic rings. The number of benzene rings is 1. The van der Waals surface area contributed by atoms with Crippen LogP contribution in [0.5, 0.6) is 0 Å². The molecule has 1 N–H and O–H groups in total. The fourth-order valence-electron chi connectivity index (χ4n) is 2.22. The van der Waals surface area contributed by atoms with Crippen LogP contribution in [-0.2, 0) is 6.42 Å². The zero-order valence-electron chi connectivity index (χ0n) is 10.7. The van der Waals surface area contributed by atoms with Crippen LogP contribution in [0.25, 0.3) is 0 Å². The van der Waals surface area contributed by atoms with Crippen LogP contribution >= 0.6 is 0 Å². The number of nitrogens with one attached hydrogen (secondary N) is 1. The van der Waals surface area contributed by atoms with Gasteiger partial charge in [-0.25, -0.2) is 4.98 Å². The lowest BCUT2D eigenvalue weighted by atomic mass is 9.93. The third-order valence-electron chi connectivity index (χ3n) is 3.12. The molecule has 0 fully saturated rings. The Morgan fingerprint density at radius 3 is 2.63 bits per heavy atom. The van der Waals surface area contributed by atoms with Gasteiger partial charge in [0, 0.05) is 12.3 Å². The molecule has 0 amide bonds. The molecule has 4 heteroatoms. The van der Waals surface area contributed by atoms with E-state index in [4.69, 9.17) is 4.42 Å². The van der Waals surface area contributed by atoms with Gasteiger partial charge in [0.25, 0.3) is 0 Å². The summed E-state index contributed by atoms with van der Waals surface area (Å²) in [6.45, 7) is 1.90. The van der Waals surface area contributed by atoms with Crippen molar-refractivity contribution in [1.29, 1.82) is 0 Å². The minimum absolute atomic E-state index is 0.145. The molecule has 0 aliphatic carbocycles. The van der Waals surface area contributed by atoms with E-state index in [-0.39, 0.29) is 5.92 Å². The van der Waals surface area contributed by atoms with E-state index in [1.54, 1.807) is 6.26 Å². The SMILES string of the molecule is Cc1nc(C[C@H](c2ccccc2)c2ccco2)n[nH]1. The number of hydrogen-bond acceptors (Lipinski definition) is 3. The number of aromatic nitrogens is 3. The molecule has 3 rings (SSSR count). The molecule has 19 heavy (non-hydrogen) atoms. The van der Waals surface area contributed by atoms with Gasteiger partial charge < -0.3 is 4.42 Å². The van der Waals surface area contributed by atoms with Gasteiger partial charge in [-0.2, -0.15) is 5.10 Å². The summed E-state index contributed by atoms with van der Waals surface area (Å²) >= 11 is 0. The van der Waals surface area contributed by atoms with Crippen molar-refractivity contribution in [2.45, 2.75) is 19.3 Å². The first-order valence-corrected chi connectivity index (χ1v) is 6.29. The lowest BCUT2D eigenvalue weighted by molar-refractivity contribution is 0.481. The first-order valence-electron chi connectivity index (χ1n) is 6.29. The number of H-pyrrole nitrogens is 1. The molecule has 3 aromatic rings. The van der Waals surface area contributed by atoms with Gasteiger partial charge in [-0.1, -0.05) is 30.3 Å². The van der Waals surface area contributed by atoms with E-state index in [0.717, 1.165) is 23.8 Å². The highest BCUT2D eigenvalue weighted by molar-refractivity contribution is 5.28. The summed E-state index contributed by atoms with van der Waals surface area (Å²) in [5, 5.41) is 7.09. The van der Waals surface area contributed by atoms with E-state index in [9.17, 15) is 0 Å². The van der Waals surface area contributed by atoms with Gasteiger partial charge in [-0.15, -0.1) is 0 Å². The lowest BCUT2D eigenvalue weighted by Crippen LogP contribution is -2.05. The van der Waals surface area contributed by atoms with Crippen molar-refractivity contribution in [3.63, 3.8) is 0 Å². The quantitative estimate of drug-likeness (QED) is 0.777. The summed E-state index contributed by atoms with van der Waals surface area (Å²) in [5.74, 6) is 2.73. The van der Waals surface area contributed by atoms with Crippen LogP contribution in [0.1, 0.15) is 28.9 Å². The van der Waals surface area contributed by atoms with Crippen molar-refractivity contribution >= 4 is 0 Å². The van der Waals surface area contributed by atoms with Gasteiger partial charge in [0.15, 0.2) is 5.82 Å². The maximum Gasteiger partial charge on any atom is 0.151 e. The molecule has 2 aromatic heterocycles. The topological polar surface area (TPSA) is 54.7 Å². The second-order valence-corrected chi connectivity index (χ2v) is 4.52. The molecule has 0 spiro atoms. The second kappa shape index (κ2) is 5.10. The predicted molar refractivity (Wildman–Crippen MR) is 71.8 cm³/mol. The molecular weight excluding hydrogens is 238 g/mol. The first-order chi connectivity index (χ1) is 9.33. The molecule has 1 aromatic carbocycles. The van der Waals surface area contributed by atoms with E-state index in [0.29, 0.717) is 0 Å². The van der Waals surface area contributed by atoms with Crippen molar-refractivity contribution in [1.82, 2.24) is 15.2 Å². The van der Waals surface area contributed by atoms with Gasteiger partial charge in [-0.05, 0) is 24.6 Å². The van der Waals surface area contributed by atoms with Crippen LogP contribution < -0.4 is 0 Å². The summed E-state index contributed by atoms with van der Waals surface area (Å²) in [4.78, 5) is 4.38. The average molecular weight is 253 g/mol. The van der Waals surface area contributed by atoms with Crippen molar-refractivity contribution in [2.24, 2.45) is 0 Å². The molecule has 2 heterocycles. The van der Waals surface area contributed by atoms with Crippen LogP contribution in [0.3, 0.4) is 0 Å². The molecule has 96 valence electrons. The fraction of sp³-hybridized carbons (Fsp3) is 0.200. The molecule has 0 aliphatic heterocycles. The standard InChI is InChI=1S/C15H15N3O/c1-11-16-15(18-17-11)10-13(14-8-5-9-19-14)12-6-3-2-4-7-12/h2-9,13H,10H2,1H3,(H,16,17,18)/t13-/m1/s1. The second-order valence-electron chi connectivity index (χ2n) is 4.52. The molecular formula is C15H15N3O. The molecule has 0 unspecified atom stereocenters. The van der Waals surface area contributed by atoms with E-state index >= 15 is 0 Å². The molecule has 0 saturated carbocycles. The molecule has 1 atom stereocenters. The Hall–Kier alpha value is -2.36. The van der Waals surface area contributed by atoms with E-state index in [1.165, 1.54) is 5.56 Å². The predicted octanol–water partition coefficient (Wildman–Crippen LogP) is 3.08. The summed E-state index contributed by atoms with van der Waals surface area (Å²) in [6.07, 6.45) is 2.43. The number of rotatable bonds is 4. The molecule has 0 saturated heterocycles. The zero-order chi connectivity index (χ0) is 13.1. The highest BCUT2D eigenvalue weighted by Crippen LogP contribution is 2.27. The number of aryl methyl sites for hydroxylation is 1. The minimum atomic E-state index is 0.145. The number of nitrogens with zero attached hydrogens (tertiary/aromatic N) is 2. The van der Waals surface area contributed by atoms with Crippen molar-refractivity contribution in [3.05, 3.63) is 71.7 Å². The van der Waals surface area contributed by atoms with E-state index in [2.05, 4.69) is 27.3 Å². The normalized spacial score (nSPS) is 12.5. The summed E-state index contributed by atoms with van der Waals surface area (Å²) in [7, 11) is 0. The Morgan fingerprint density at radius 1 is 1.16 bits per heavy atom. The van der Waals surface area contributed by atoms with E-state index in [1.807, 2.05) is 37.3 Å². The highest BCUT2D eigenvalue weighted by atomic mass is 16.3. The molecule has 0 bridgehead atoms. The van der Waals surface area contributed by atoms with Gasteiger partial charge in [-0.3, -0.25) is 5.10 Å². The van der Waals surface area contributed by atoms with Crippen LogP contribution in [0.2, 0.25) is 0 Å². The molecule has 4 nitrogen and oxygen atoms in total. The maximum atomic E-state index is 5.56. The Morgan fingerprint density at radius 2 is 2.00 bits per heavy atom. The third-order valence-corrected chi connectivity index (χ3v) is 3.12. The Labute approximate surface area is 111 Å². The first kappa shape index (κ1) is 11.7. The van der Waals surface area contributed by atoms with Gasteiger partial charge in [0.2, 0.25) is 0 Å². The fourth-order valence-corrected chi connectivity index (χ4v) is 2.22. The smallest absolute Gasteiger partial charge is 0.151 e. The number of aromatic amines is 1. The van der Waals surface area contributed by atoms with Crippen molar-refractivity contribution < 1.29 is 4.42 Å². The lowest BCUT2D eigenvalue weighted by Gasteiger charge is -2.13. The van der Waals surface area contributed by atoms with E-state index < -0.39 is 0 Å². The summed E-state index contributed by atoms with van der Waals surface area (Å²) in [6, 6.07) is 14.2. The highest BCUT2D eigenvalue weighted by Gasteiger charge is 2.19. The van der Waals surface area contributed by atoms with Crippen LogP contribution in [0.4, 0.5) is 0 Å². The third kappa shape index (κ3) is 2.57. The monoisotopic (exact) mass is 253 g/mol. The van der Waals surface area contributed by atoms with Gasteiger partial charge in [0.1, 0.15) is 11.6 Å². The van der Waals surface area contributed by atoms with Crippen LogP contribution in [0, 0.1) is 6.92 Å². The van der Waals surface area contributed by atoms with Gasteiger partial charge in [0.05, 0.1) is 6.26 Å². The maximum absolute atomic E-state index is 5.56.